The van der Waals surface area contributed by atoms with Crippen LogP contribution in [0.3, 0.4) is 0 Å². The molecule has 0 unspecified atom stereocenters. The third-order valence-corrected chi connectivity index (χ3v) is 5.50. The third-order valence-electron chi connectivity index (χ3n) is 5.50. The van der Waals surface area contributed by atoms with Gasteiger partial charge in [-0.3, -0.25) is 5.10 Å². The van der Waals surface area contributed by atoms with Gasteiger partial charge in [0.25, 0.3) is 0 Å². The van der Waals surface area contributed by atoms with Gasteiger partial charge in [0.1, 0.15) is 30.5 Å². The van der Waals surface area contributed by atoms with Crippen molar-refractivity contribution in [2.75, 3.05) is 6.61 Å². The van der Waals surface area contributed by atoms with Crippen molar-refractivity contribution in [1.29, 1.82) is 0 Å². The minimum absolute atomic E-state index is 0.489. The molecular formula is C23H24N2O5. The number of fused-ring (bicyclic) bond motifs is 1. The molecule has 1 aromatic heterocycles. The lowest BCUT2D eigenvalue weighted by molar-refractivity contribution is -0.214. The first kappa shape index (κ1) is 20.5. The lowest BCUT2D eigenvalue weighted by Gasteiger charge is -2.37. The van der Waals surface area contributed by atoms with E-state index in [1.165, 1.54) is 5.56 Å². The molecular weight excluding hydrogens is 384 g/mol. The van der Waals surface area contributed by atoms with Crippen LogP contribution in [0.1, 0.15) is 18.1 Å². The zero-order valence-corrected chi connectivity index (χ0v) is 16.5. The van der Waals surface area contributed by atoms with Crippen molar-refractivity contribution < 1.29 is 25.2 Å². The second-order valence-corrected chi connectivity index (χ2v) is 7.39. The van der Waals surface area contributed by atoms with Gasteiger partial charge in [-0.05, 0) is 35.2 Å². The van der Waals surface area contributed by atoms with E-state index in [0.717, 1.165) is 28.5 Å². The molecule has 5 atom stereocenters. The van der Waals surface area contributed by atoms with Gasteiger partial charge in [-0.1, -0.05) is 43.0 Å². The number of aliphatic hydroxyl groups excluding tert-OH is 4. The van der Waals surface area contributed by atoms with Crippen LogP contribution in [-0.2, 0) is 11.2 Å². The van der Waals surface area contributed by atoms with Gasteiger partial charge in [-0.2, -0.15) is 5.10 Å². The summed E-state index contributed by atoms with van der Waals surface area (Å²) in [6, 6.07) is 12.2. The Hall–Kier alpha value is -2.73. The lowest BCUT2D eigenvalue weighted by atomic mass is 9.94. The maximum absolute atomic E-state index is 10.2. The lowest BCUT2D eigenvalue weighted by Crippen LogP contribution is -2.58. The number of ether oxygens (including phenoxy) is 1. The highest BCUT2D eigenvalue weighted by Gasteiger charge is 2.42. The third kappa shape index (κ3) is 3.72. The number of hydrogen-bond acceptors (Lipinski definition) is 6. The molecule has 0 bridgehead atoms. The van der Waals surface area contributed by atoms with E-state index >= 15 is 0 Å². The standard InChI is InChI=1S/C23H24N2O5/c1-2-13-5-3-4-6-17(13)15-9-14(20-16(10-15)11-24-25-20)7-8-18-21(27)23(29)22(28)19(12-26)30-18/h3-6,9-11,18-19,21-23,26-29H,2,12H2,1H3,(H,24,25)/t18-,19-,21-,22-,23-/m1/s1. The maximum atomic E-state index is 10.2. The highest BCUT2D eigenvalue weighted by molar-refractivity contribution is 5.89. The predicted molar refractivity (Wildman–Crippen MR) is 112 cm³/mol. The van der Waals surface area contributed by atoms with Crippen LogP contribution >= 0.6 is 0 Å². The Morgan fingerprint density at radius 3 is 2.67 bits per heavy atom. The minimum Gasteiger partial charge on any atom is -0.394 e. The van der Waals surface area contributed by atoms with E-state index in [9.17, 15) is 20.4 Å². The molecule has 1 aliphatic heterocycles. The molecule has 0 aliphatic carbocycles. The van der Waals surface area contributed by atoms with Crippen LogP contribution in [0.25, 0.3) is 22.0 Å². The van der Waals surface area contributed by atoms with Crippen LogP contribution in [-0.4, -0.2) is 67.8 Å². The van der Waals surface area contributed by atoms with Crippen LogP contribution in [0.15, 0.2) is 42.6 Å². The molecule has 7 heteroatoms. The first-order valence-corrected chi connectivity index (χ1v) is 9.91. The number of nitrogens with zero attached hydrogens (tertiary/aromatic N) is 1. The minimum atomic E-state index is -1.45. The summed E-state index contributed by atoms with van der Waals surface area (Å²) in [5.41, 5.74) is 4.75. The summed E-state index contributed by atoms with van der Waals surface area (Å²) in [6.07, 6.45) is -3.67. The first-order valence-electron chi connectivity index (χ1n) is 9.91. The number of aromatic amines is 1. The molecule has 1 fully saturated rings. The number of aliphatic hydroxyl groups is 4. The van der Waals surface area contributed by atoms with Gasteiger partial charge in [0, 0.05) is 5.39 Å². The number of nitrogens with one attached hydrogen (secondary N) is 1. The Bertz CT molecular complexity index is 1100. The Morgan fingerprint density at radius 1 is 1.10 bits per heavy atom. The second-order valence-electron chi connectivity index (χ2n) is 7.39. The van der Waals surface area contributed by atoms with Gasteiger partial charge in [-0.15, -0.1) is 0 Å². The van der Waals surface area contributed by atoms with Gasteiger partial charge >= 0.3 is 0 Å². The van der Waals surface area contributed by atoms with Crippen LogP contribution in [0.2, 0.25) is 0 Å². The summed E-state index contributed by atoms with van der Waals surface area (Å²) in [5.74, 6) is 5.86. The molecule has 4 rings (SSSR count). The Labute approximate surface area is 174 Å². The molecule has 1 aliphatic rings. The maximum Gasteiger partial charge on any atom is 0.147 e. The van der Waals surface area contributed by atoms with Crippen molar-refractivity contribution in [3.8, 4) is 23.0 Å². The summed E-state index contributed by atoms with van der Waals surface area (Å²) >= 11 is 0. The van der Waals surface area contributed by atoms with E-state index in [-0.39, 0.29) is 0 Å². The summed E-state index contributed by atoms with van der Waals surface area (Å²) in [4.78, 5) is 0. The number of aromatic nitrogens is 2. The van der Waals surface area contributed by atoms with Crippen molar-refractivity contribution in [2.24, 2.45) is 0 Å². The quantitative estimate of drug-likeness (QED) is 0.413. The largest absolute Gasteiger partial charge is 0.394 e. The molecule has 0 radical (unpaired) electrons. The zero-order valence-electron chi connectivity index (χ0n) is 16.5. The van der Waals surface area contributed by atoms with Crippen molar-refractivity contribution in [3.05, 3.63) is 53.7 Å². The van der Waals surface area contributed by atoms with Crippen molar-refractivity contribution in [3.63, 3.8) is 0 Å². The van der Waals surface area contributed by atoms with Gasteiger partial charge in [0.2, 0.25) is 0 Å². The number of aryl methyl sites for hydroxylation is 1. The van der Waals surface area contributed by atoms with E-state index in [1.807, 2.05) is 24.3 Å². The van der Waals surface area contributed by atoms with Gasteiger partial charge in [-0.25, -0.2) is 0 Å². The topological polar surface area (TPSA) is 119 Å². The molecule has 156 valence electrons. The molecule has 5 N–H and O–H groups in total. The molecule has 2 heterocycles. The molecule has 0 amide bonds. The predicted octanol–water partition coefficient (Wildman–Crippen LogP) is 0.986. The molecule has 2 aromatic carbocycles. The van der Waals surface area contributed by atoms with Gasteiger partial charge in [0.15, 0.2) is 0 Å². The summed E-state index contributed by atoms with van der Waals surface area (Å²) in [6.45, 7) is 1.62. The highest BCUT2D eigenvalue weighted by atomic mass is 16.5. The van der Waals surface area contributed by atoms with Crippen LogP contribution in [0, 0.1) is 11.8 Å². The average Bonchev–Trinajstić information content (AvgIpc) is 3.25. The summed E-state index contributed by atoms with van der Waals surface area (Å²) < 4.78 is 5.49. The van der Waals surface area contributed by atoms with Crippen LogP contribution in [0.5, 0.6) is 0 Å². The van der Waals surface area contributed by atoms with Crippen LogP contribution in [0.4, 0.5) is 0 Å². The molecule has 0 saturated carbocycles. The highest BCUT2D eigenvalue weighted by Crippen LogP contribution is 2.29. The van der Waals surface area contributed by atoms with E-state index < -0.39 is 37.1 Å². The van der Waals surface area contributed by atoms with Crippen molar-refractivity contribution >= 4 is 10.9 Å². The second kappa shape index (κ2) is 8.56. The van der Waals surface area contributed by atoms with Gasteiger partial charge in [0.05, 0.1) is 23.9 Å². The van der Waals surface area contributed by atoms with E-state index in [4.69, 9.17) is 4.74 Å². The van der Waals surface area contributed by atoms with Crippen LogP contribution < -0.4 is 0 Å². The smallest absolute Gasteiger partial charge is 0.147 e. The molecule has 0 spiro atoms. The molecule has 3 aromatic rings. The zero-order chi connectivity index (χ0) is 21.3. The first-order chi connectivity index (χ1) is 14.5. The van der Waals surface area contributed by atoms with Gasteiger partial charge < -0.3 is 25.2 Å². The number of H-pyrrole nitrogens is 1. The van der Waals surface area contributed by atoms with Crippen molar-refractivity contribution in [2.45, 2.75) is 43.9 Å². The van der Waals surface area contributed by atoms with E-state index in [1.54, 1.807) is 6.20 Å². The Morgan fingerprint density at radius 2 is 1.90 bits per heavy atom. The summed E-state index contributed by atoms with van der Waals surface area (Å²) in [5, 5.41) is 47.5. The fraction of sp³-hybridized carbons (Fsp3) is 0.348. The Kier molecular flexibility index (Phi) is 5.86. The Balaban J connectivity index is 1.75. The fourth-order valence-corrected chi connectivity index (χ4v) is 3.79. The number of benzene rings is 2. The van der Waals surface area contributed by atoms with Crippen molar-refractivity contribution in [1.82, 2.24) is 10.2 Å². The SMILES string of the molecule is CCc1ccccc1-c1cc(C#C[C@H]2O[C@H](CO)[C@@H](O)[C@H](O)[C@@H]2O)c2[nH]ncc2c1. The molecule has 1 saturated heterocycles. The fourth-order valence-electron chi connectivity index (χ4n) is 3.79. The van der Waals surface area contributed by atoms with E-state index in [0.29, 0.717) is 5.56 Å². The van der Waals surface area contributed by atoms with E-state index in [2.05, 4.69) is 41.1 Å². The molecule has 30 heavy (non-hydrogen) atoms. The normalized spacial score (nSPS) is 26.4. The number of rotatable bonds is 3. The molecule has 7 nitrogen and oxygen atoms in total. The average molecular weight is 408 g/mol. The summed E-state index contributed by atoms with van der Waals surface area (Å²) in [7, 11) is 0. The monoisotopic (exact) mass is 408 g/mol. The number of hydrogen-bond donors (Lipinski definition) is 5.